The van der Waals surface area contributed by atoms with Crippen LogP contribution in [-0.4, -0.2) is 47.2 Å². The summed E-state index contributed by atoms with van der Waals surface area (Å²) in [6.07, 6.45) is 2.98. The Balaban J connectivity index is 2.19. The van der Waals surface area contributed by atoms with Gasteiger partial charge in [0.1, 0.15) is 0 Å². The Kier molecular flexibility index (Phi) is 4.73. The monoisotopic (exact) mass is 229 g/mol. The molecule has 92 valence electrons. The molecule has 0 aliphatic heterocycles. The van der Waals surface area contributed by atoms with Crippen molar-refractivity contribution in [3.8, 4) is 0 Å². The molecule has 1 amide bonds. The molecule has 0 aromatic heterocycles. The van der Waals surface area contributed by atoms with Crippen LogP contribution in [0.15, 0.2) is 0 Å². The van der Waals surface area contributed by atoms with Gasteiger partial charge in [0.2, 0.25) is 5.91 Å². The number of aliphatic hydroxyl groups excluding tert-OH is 1. The van der Waals surface area contributed by atoms with Gasteiger partial charge < -0.3 is 15.1 Å². The van der Waals surface area contributed by atoms with Gasteiger partial charge in [0, 0.05) is 20.2 Å². The van der Waals surface area contributed by atoms with Crippen LogP contribution < -0.4 is 0 Å². The number of unbranched alkanes of at least 4 members (excludes halogenated alkanes) is 2. The fourth-order valence-corrected chi connectivity index (χ4v) is 1.77. The van der Waals surface area contributed by atoms with Crippen LogP contribution in [0.5, 0.6) is 0 Å². The number of rotatable bonds is 7. The number of carboxylic acids is 1. The second kappa shape index (κ2) is 5.84. The van der Waals surface area contributed by atoms with Crippen molar-refractivity contribution in [2.24, 2.45) is 11.8 Å². The highest BCUT2D eigenvalue weighted by atomic mass is 16.4. The van der Waals surface area contributed by atoms with Crippen LogP contribution in [0.4, 0.5) is 0 Å². The van der Waals surface area contributed by atoms with Gasteiger partial charge in [-0.15, -0.1) is 0 Å². The minimum atomic E-state index is -0.868. The Morgan fingerprint density at radius 3 is 2.44 bits per heavy atom. The first kappa shape index (κ1) is 13.0. The van der Waals surface area contributed by atoms with Crippen molar-refractivity contribution in [1.82, 2.24) is 4.90 Å². The Morgan fingerprint density at radius 1 is 1.25 bits per heavy atom. The molecule has 2 atom stereocenters. The molecule has 0 aromatic carbocycles. The number of hydrogen-bond donors (Lipinski definition) is 2. The molecule has 1 rings (SSSR count). The van der Waals surface area contributed by atoms with Gasteiger partial charge in [-0.2, -0.15) is 0 Å². The second-order valence-electron chi connectivity index (χ2n) is 4.33. The second-order valence-corrected chi connectivity index (χ2v) is 4.33. The third-order valence-electron chi connectivity index (χ3n) is 2.95. The zero-order valence-electron chi connectivity index (χ0n) is 9.56. The molecule has 1 aliphatic carbocycles. The predicted molar refractivity (Wildman–Crippen MR) is 57.8 cm³/mol. The Bertz CT molecular complexity index is 267. The summed E-state index contributed by atoms with van der Waals surface area (Å²) in [5.41, 5.74) is 0. The quantitative estimate of drug-likeness (QED) is 0.617. The maximum Gasteiger partial charge on any atom is 0.307 e. The molecule has 0 heterocycles. The molecule has 5 heteroatoms. The summed E-state index contributed by atoms with van der Waals surface area (Å²) in [5, 5.41) is 17.3. The van der Waals surface area contributed by atoms with Crippen molar-refractivity contribution in [2.75, 3.05) is 20.2 Å². The Labute approximate surface area is 95.1 Å². The standard InChI is InChI=1S/C11H19NO4/c1-12(5-3-2-4-6-13)10(14)8-7-9(8)11(15)16/h8-9,13H,2-7H2,1H3,(H,15,16). The van der Waals surface area contributed by atoms with Crippen LogP contribution in [0.25, 0.3) is 0 Å². The molecule has 0 aromatic rings. The minimum absolute atomic E-state index is 0.0589. The molecule has 1 saturated carbocycles. The highest BCUT2D eigenvalue weighted by molar-refractivity contribution is 5.89. The summed E-state index contributed by atoms with van der Waals surface area (Å²) in [5.74, 6) is -1.70. The molecular weight excluding hydrogens is 210 g/mol. The Hall–Kier alpha value is -1.10. The zero-order valence-corrected chi connectivity index (χ0v) is 9.56. The van der Waals surface area contributed by atoms with Crippen molar-refractivity contribution < 1.29 is 19.8 Å². The van der Waals surface area contributed by atoms with Crippen molar-refractivity contribution in [3.63, 3.8) is 0 Å². The average molecular weight is 229 g/mol. The van der Waals surface area contributed by atoms with Crippen molar-refractivity contribution in [2.45, 2.75) is 25.7 Å². The molecule has 5 nitrogen and oxygen atoms in total. The summed E-state index contributed by atoms with van der Waals surface area (Å²) in [6.45, 7) is 0.822. The molecule has 1 aliphatic rings. The van der Waals surface area contributed by atoms with Crippen molar-refractivity contribution >= 4 is 11.9 Å². The lowest BCUT2D eigenvalue weighted by atomic mass is 10.2. The summed E-state index contributed by atoms with van der Waals surface area (Å²) >= 11 is 0. The van der Waals surface area contributed by atoms with Crippen LogP contribution in [0.1, 0.15) is 25.7 Å². The van der Waals surface area contributed by atoms with Gasteiger partial charge in [-0.1, -0.05) is 0 Å². The molecule has 0 bridgehead atoms. The van der Waals surface area contributed by atoms with Crippen LogP contribution in [0.3, 0.4) is 0 Å². The lowest BCUT2D eigenvalue weighted by Crippen LogP contribution is -2.30. The number of carbonyl (C=O) groups is 2. The molecule has 0 spiro atoms. The first-order chi connectivity index (χ1) is 7.57. The first-order valence-corrected chi connectivity index (χ1v) is 5.66. The summed E-state index contributed by atoms with van der Waals surface area (Å²) in [4.78, 5) is 23.9. The van der Waals surface area contributed by atoms with Crippen LogP contribution in [-0.2, 0) is 9.59 Å². The van der Waals surface area contributed by atoms with E-state index in [4.69, 9.17) is 10.2 Å². The van der Waals surface area contributed by atoms with Gasteiger partial charge in [0.05, 0.1) is 11.8 Å². The lowest BCUT2D eigenvalue weighted by Gasteiger charge is -2.16. The van der Waals surface area contributed by atoms with Gasteiger partial charge in [0.25, 0.3) is 0 Å². The van der Waals surface area contributed by atoms with Gasteiger partial charge in [0.15, 0.2) is 0 Å². The summed E-state index contributed by atoms with van der Waals surface area (Å²) in [7, 11) is 1.71. The van der Waals surface area contributed by atoms with E-state index in [0.29, 0.717) is 13.0 Å². The van der Waals surface area contributed by atoms with E-state index in [1.54, 1.807) is 11.9 Å². The number of carboxylic acid groups (broad SMARTS) is 1. The highest BCUT2D eigenvalue weighted by Crippen LogP contribution is 2.39. The molecule has 0 radical (unpaired) electrons. The fraction of sp³-hybridized carbons (Fsp3) is 0.818. The van der Waals surface area contributed by atoms with E-state index in [-0.39, 0.29) is 18.4 Å². The van der Waals surface area contributed by atoms with Gasteiger partial charge in [-0.25, -0.2) is 0 Å². The molecule has 0 saturated heterocycles. The summed E-state index contributed by atoms with van der Waals surface area (Å²) < 4.78 is 0. The van der Waals surface area contributed by atoms with Crippen LogP contribution in [0.2, 0.25) is 0 Å². The number of hydrogen-bond acceptors (Lipinski definition) is 3. The summed E-state index contributed by atoms with van der Waals surface area (Å²) in [6, 6.07) is 0. The van der Waals surface area contributed by atoms with Crippen LogP contribution in [0, 0.1) is 11.8 Å². The van der Waals surface area contributed by atoms with Gasteiger partial charge >= 0.3 is 5.97 Å². The maximum absolute atomic E-state index is 11.7. The number of carbonyl (C=O) groups excluding carboxylic acids is 1. The third kappa shape index (κ3) is 3.48. The minimum Gasteiger partial charge on any atom is -0.481 e. The van der Waals surface area contributed by atoms with E-state index in [1.165, 1.54) is 0 Å². The normalized spacial score (nSPS) is 22.9. The number of amides is 1. The van der Waals surface area contributed by atoms with E-state index in [0.717, 1.165) is 19.3 Å². The number of aliphatic carboxylic acids is 1. The largest absolute Gasteiger partial charge is 0.481 e. The average Bonchev–Trinajstić information content (AvgIpc) is 3.03. The lowest BCUT2D eigenvalue weighted by molar-refractivity contribution is -0.141. The van der Waals surface area contributed by atoms with Gasteiger partial charge in [-0.05, 0) is 25.7 Å². The van der Waals surface area contributed by atoms with Crippen molar-refractivity contribution in [3.05, 3.63) is 0 Å². The fourth-order valence-electron chi connectivity index (χ4n) is 1.77. The van der Waals surface area contributed by atoms with Crippen molar-refractivity contribution in [1.29, 1.82) is 0 Å². The molecular formula is C11H19NO4. The molecule has 1 fully saturated rings. The SMILES string of the molecule is CN(CCCCCO)C(=O)C1CC1C(=O)O. The Morgan fingerprint density at radius 2 is 1.94 bits per heavy atom. The zero-order chi connectivity index (χ0) is 12.1. The molecule has 16 heavy (non-hydrogen) atoms. The number of aliphatic hydroxyl groups is 1. The molecule has 2 N–H and O–H groups in total. The van der Waals surface area contributed by atoms with E-state index in [9.17, 15) is 9.59 Å². The van der Waals surface area contributed by atoms with Gasteiger partial charge in [-0.3, -0.25) is 9.59 Å². The van der Waals surface area contributed by atoms with E-state index in [1.807, 2.05) is 0 Å². The van der Waals surface area contributed by atoms with E-state index in [2.05, 4.69) is 0 Å². The highest BCUT2D eigenvalue weighted by Gasteiger charge is 2.49. The topological polar surface area (TPSA) is 77.8 Å². The smallest absolute Gasteiger partial charge is 0.307 e. The first-order valence-electron chi connectivity index (χ1n) is 5.66. The van der Waals surface area contributed by atoms with E-state index >= 15 is 0 Å². The predicted octanol–water partition coefficient (Wildman–Crippen LogP) is 0.328. The van der Waals surface area contributed by atoms with E-state index < -0.39 is 11.9 Å². The maximum atomic E-state index is 11.7. The molecule has 2 unspecified atom stereocenters. The number of nitrogens with zero attached hydrogens (tertiary/aromatic N) is 1. The van der Waals surface area contributed by atoms with Crippen LogP contribution >= 0.6 is 0 Å². The third-order valence-corrected chi connectivity index (χ3v) is 2.95.